The Morgan fingerprint density at radius 3 is 2.76 bits per heavy atom. The molecule has 0 amide bonds. The van der Waals surface area contributed by atoms with E-state index < -0.39 is 0 Å². The first-order valence-electron chi connectivity index (χ1n) is 7.97. The van der Waals surface area contributed by atoms with Crippen LogP contribution in [0.4, 0.5) is 0 Å². The number of nitrogens with one attached hydrogen (secondary N) is 1. The maximum absolute atomic E-state index is 5.78. The monoisotopic (exact) mass is 291 g/mol. The van der Waals surface area contributed by atoms with Gasteiger partial charge in [-0.05, 0) is 34.0 Å². The fraction of sp³-hybridized carbons (Fsp3) is 0.647. The van der Waals surface area contributed by atoms with Crippen LogP contribution in [0.2, 0.25) is 0 Å². The van der Waals surface area contributed by atoms with Crippen molar-refractivity contribution in [1.29, 1.82) is 0 Å². The molecule has 0 aromatic heterocycles. The van der Waals surface area contributed by atoms with Crippen molar-refractivity contribution in [3.8, 4) is 5.75 Å². The van der Waals surface area contributed by atoms with Gasteiger partial charge in [0.25, 0.3) is 0 Å². The molecule has 0 aliphatic carbocycles. The number of hydrogen-bond donors (Lipinski definition) is 1. The molecule has 1 heterocycles. The van der Waals surface area contributed by atoms with Crippen LogP contribution in [-0.2, 0) is 0 Å². The zero-order chi connectivity index (χ0) is 15.2. The SMILES string of the molecule is CCOc1ccccc1C(CN1CCN(C)C(C)C1)NC. The Bertz CT molecular complexity index is 438. The van der Waals surface area contributed by atoms with Crippen LogP contribution in [0.25, 0.3) is 0 Å². The molecule has 0 bridgehead atoms. The summed E-state index contributed by atoms with van der Waals surface area (Å²) in [7, 11) is 4.24. The van der Waals surface area contributed by atoms with Crippen molar-refractivity contribution in [1.82, 2.24) is 15.1 Å². The molecule has 4 nitrogen and oxygen atoms in total. The van der Waals surface area contributed by atoms with Gasteiger partial charge in [-0.25, -0.2) is 0 Å². The van der Waals surface area contributed by atoms with E-state index in [9.17, 15) is 0 Å². The van der Waals surface area contributed by atoms with E-state index in [1.54, 1.807) is 0 Å². The van der Waals surface area contributed by atoms with Gasteiger partial charge < -0.3 is 15.0 Å². The highest BCUT2D eigenvalue weighted by atomic mass is 16.5. The summed E-state index contributed by atoms with van der Waals surface area (Å²) in [6.07, 6.45) is 0. The molecule has 1 saturated heterocycles. The summed E-state index contributed by atoms with van der Waals surface area (Å²) >= 11 is 0. The Morgan fingerprint density at radius 1 is 1.33 bits per heavy atom. The highest BCUT2D eigenvalue weighted by Crippen LogP contribution is 2.26. The largest absolute Gasteiger partial charge is 0.494 e. The molecule has 2 unspecified atom stereocenters. The fourth-order valence-electron chi connectivity index (χ4n) is 2.95. The van der Waals surface area contributed by atoms with Crippen LogP contribution in [0.1, 0.15) is 25.5 Å². The van der Waals surface area contributed by atoms with Gasteiger partial charge >= 0.3 is 0 Å². The second-order valence-corrected chi connectivity index (χ2v) is 5.90. The summed E-state index contributed by atoms with van der Waals surface area (Å²) in [5.74, 6) is 1.00. The molecule has 0 spiro atoms. The minimum absolute atomic E-state index is 0.309. The smallest absolute Gasteiger partial charge is 0.124 e. The second kappa shape index (κ2) is 7.78. The van der Waals surface area contributed by atoms with E-state index in [1.807, 2.05) is 20.0 Å². The molecule has 1 fully saturated rings. The van der Waals surface area contributed by atoms with Crippen LogP contribution in [0.15, 0.2) is 24.3 Å². The van der Waals surface area contributed by atoms with Crippen LogP contribution in [-0.4, -0.2) is 62.7 Å². The minimum atomic E-state index is 0.309. The molecule has 1 aromatic rings. The first-order chi connectivity index (χ1) is 10.2. The zero-order valence-electron chi connectivity index (χ0n) is 13.8. The van der Waals surface area contributed by atoms with Gasteiger partial charge in [0.2, 0.25) is 0 Å². The highest BCUT2D eigenvalue weighted by molar-refractivity contribution is 5.36. The fourth-order valence-corrected chi connectivity index (χ4v) is 2.95. The third-order valence-corrected chi connectivity index (χ3v) is 4.43. The van der Waals surface area contributed by atoms with Gasteiger partial charge in [-0.1, -0.05) is 18.2 Å². The van der Waals surface area contributed by atoms with Crippen LogP contribution in [0.5, 0.6) is 5.75 Å². The molecule has 4 heteroatoms. The van der Waals surface area contributed by atoms with Gasteiger partial charge in [-0.3, -0.25) is 4.90 Å². The molecule has 0 saturated carbocycles. The molecule has 2 atom stereocenters. The number of hydrogen-bond acceptors (Lipinski definition) is 4. The Labute approximate surface area is 129 Å². The average Bonchev–Trinajstić information content (AvgIpc) is 2.49. The Kier molecular flexibility index (Phi) is 6.03. The predicted octanol–water partition coefficient (Wildman–Crippen LogP) is 1.98. The molecule has 118 valence electrons. The summed E-state index contributed by atoms with van der Waals surface area (Å²) in [6.45, 7) is 9.48. The lowest BCUT2D eigenvalue weighted by atomic mass is 10.0. The summed E-state index contributed by atoms with van der Waals surface area (Å²) in [5.41, 5.74) is 1.26. The number of ether oxygens (including phenoxy) is 1. The quantitative estimate of drug-likeness (QED) is 0.867. The lowest BCUT2D eigenvalue weighted by Crippen LogP contribution is -2.51. The van der Waals surface area contributed by atoms with Crippen LogP contribution >= 0.6 is 0 Å². The molecule has 1 aromatic carbocycles. The summed E-state index contributed by atoms with van der Waals surface area (Å²) in [4.78, 5) is 4.98. The minimum Gasteiger partial charge on any atom is -0.494 e. The molecule has 0 radical (unpaired) electrons. The van der Waals surface area contributed by atoms with Gasteiger partial charge in [-0.15, -0.1) is 0 Å². The van der Waals surface area contributed by atoms with Crippen LogP contribution in [0.3, 0.4) is 0 Å². The van der Waals surface area contributed by atoms with Crippen molar-refractivity contribution in [2.45, 2.75) is 25.9 Å². The number of likely N-dealkylation sites (N-methyl/N-ethyl adjacent to an activating group) is 2. The Hall–Kier alpha value is -1.10. The van der Waals surface area contributed by atoms with Crippen LogP contribution < -0.4 is 10.1 Å². The van der Waals surface area contributed by atoms with E-state index in [0.29, 0.717) is 18.7 Å². The first-order valence-corrected chi connectivity index (χ1v) is 7.97. The maximum atomic E-state index is 5.78. The van der Waals surface area contributed by atoms with Crippen molar-refractivity contribution < 1.29 is 4.74 Å². The average molecular weight is 291 g/mol. The number of benzene rings is 1. The predicted molar refractivity (Wildman–Crippen MR) is 87.9 cm³/mol. The normalized spacial score (nSPS) is 22.2. The standard InChI is InChI=1S/C17H29N3O/c1-5-21-17-9-7-6-8-15(17)16(18-3)13-20-11-10-19(4)14(2)12-20/h6-9,14,16,18H,5,10-13H2,1-4H3. The first kappa shape index (κ1) is 16.3. The van der Waals surface area contributed by atoms with Crippen molar-refractivity contribution in [3.05, 3.63) is 29.8 Å². The highest BCUT2D eigenvalue weighted by Gasteiger charge is 2.24. The molecule has 21 heavy (non-hydrogen) atoms. The van der Waals surface area contributed by atoms with Gasteiger partial charge in [0.05, 0.1) is 6.61 Å². The van der Waals surface area contributed by atoms with E-state index >= 15 is 0 Å². The van der Waals surface area contributed by atoms with Gasteiger partial charge in [0, 0.05) is 43.8 Å². The molecular weight excluding hydrogens is 262 g/mol. The summed E-state index contributed by atoms with van der Waals surface area (Å²) < 4.78 is 5.78. The Morgan fingerprint density at radius 2 is 2.10 bits per heavy atom. The van der Waals surface area contributed by atoms with E-state index in [1.165, 1.54) is 5.56 Å². The van der Waals surface area contributed by atoms with Gasteiger partial charge in [-0.2, -0.15) is 0 Å². The van der Waals surface area contributed by atoms with Crippen molar-refractivity contribution in [3.63, 3.8) is 0 Å². The van der Waals surface area contributed by atoms with Gasteiger partial charge in [0.1, 0.15) is 5.75 Å². The molecule has 1 aliphatic heterocycles. The zero-order valence-corrected chi connectivity index (χ0v) is 13.8. The van der Waals surface area contributed by atoms with Gasteiger partial charge in [0.15, 0.2) is 0 Å². The third-order valence-electron chi connectivity index (χ3n) is 4.43. The van der Waals surface area contributed by atoms with Crippen molar-refractivity contribution in [2.75, 3.05) is 46.9 Å². The van der Waals surface area contributed by atoms with E-state index in [0.717, 1.165) is 31.9 Å². The van der Waals surface area contributed by atoms with E-state index in [-0.39, 0.29) is 0 Å². The van der Waals surface area contributed by atoms with Crippen molar-refractivity contribution in [2.24, 2.45) is 0 Å². The molecule has 2 rings (SSSR count). The summed E-state index contributed by atoms with van der Waals surface area (Å²) in [6, 6.07) is 9.30. The lowest BCUT2D eigenvalue weighted by Gasteiger charge is -2.39. The third kappa shape index (κ3) is 4.19. The number of piperazine rings is 1. The van der Waals surface area contributed by atoms with Crippen LogP contribution in [0, 0.1) is 0 Å². The number of nitrogens with zero attached hydrogens (tertiary/aromatic N) is 2. The topological polar surface area (TPSA) is 27.7 Å². The van der Waals surface area contributed by atoms with E-state index in [2.05, 4.69) is 47.3 Å². The van der Waals surface area contributed by atoms with E-state index in [4.69, 9.17) is 4.74 Å². The molecule has 1 N–H and O–H groups in total. The van der Waals surface area contributed by atoms with Crippen molar-refractivity contribution >= 4 is 0 Å². The Balaban J connectivity index is 2.06. The lowest BCUT2D eigenvalue weighted by molar-refractivity contribution is 0.0973. The number of rotatable bonds is 6. The molecular formula is C17H29N3O. The second-order valence-electron chi connectivity index (χ2n) is 5.90. The summed E-state index contributed by atoms with van der Waals surface area (Å²) in [5, 5.41) is 3.46. The molecule has 1 aliphatic rings. The maximum Gasteiger partial charge on any atom is 0.124 e. The number of para-hydroxylation sites is 1.